The van der Waals surface area contributed by atoms with Gasteiger partial charge in [0, 0.05) is 40.8 Å². The van der Waals surface area contributed by atoms with Crippen molar-refractivity contribution >= 4 is 11.9 Å². The van der Waals surface area contributed by atoms with Gasteiger partial charge in [0.1, 0.15) is 5.60 Å². The van der Waals surface area contributed by atoms with Crippen molar-refractivity contribution in [2.45, 2.75) is 44.8 Å². The van der Waals surface area contributed by atoms with Crippen molar-refractivity contribution < 1.29 is 14.3 Å². The molecule has 0 atom stereocenters. The number of hydrogen-bond donors (Lipinski definition) is 1. The number of esters is 1. The van der Waals surface area contributed by atoms with Crippen LogP contribution in [0.1, 0.15) is 33.6 Å². The molecular weight excluding hydrogens is 332 g/mol. The summed E-state index contributed by atoms with van der Waals surface area (Å²) in [6.07, 6.45) is -0.358. The van der Waals surface area contributed by atoms with E-state index in [1.807, 2.05) is 0 Å². The summed E-state index contributed by atoms with van der Waals surface area (Å²) in [4.78, 5) is 31.5. The summed E-state index contributed by atoms with van der Waals surface area (Å²) < 4.78 is 5.09. The molecule has 0 fully saturated rings. The molecule has 0 aliphatic heterocycles. The Labute approximate surface area is 143 Å². The van der Waals surface area contributed by atoms with Gasteiger partial charge in [-0.25, -0.2) is 0 Å². The zero-order valence-corrected chi connectivity index (χ0v) is 14.3. The van der Waals surface area contributed by atoms with E-state index in [1.165, 1.54) is 0 Å². The summed E-state index contributed by atoms with van der Waals surface area (Å²) >= 11 is 0. The maximum atomic E-state index is 12.1. The fourth-order valence-corrected chi connectivity index (χ4v) is 1.74. The fraction of sp³-hybridized carbons (Fsp3) is 0.833. The van der Waals surface area contributed by atoms with Gasteiger partial charge in [0.15, 0.2) is 0 Å². The van der Waals surface area contributed by atoms with E-state index in [0.29, 0.717) is 0 Å². The van der Waals surface area contributed by atoms with Crippen molar-refractivity contribution in [1.29, 1.82) is 0 Å². The van der Waals surface area contributed by atoms with Crippen molar-refractivity contribution in [3.63, 3.8) is 0 Å². The number of hydrogen-bond acceptors (Lipinski definition) is 6. The quantitative estimate of drug-likeness (QED) is 0.273. The molecule has 0 saturated carbocycles. The minimum Gasteiger partial charge on any atom is -0.460 e. The predicted molar refractivity (Wildman–Crippen MR) is 88.0 cm³/mol. The van der Waals surface area contributed by atoms with Gasteiger partial charge in [0.2, 0.25) is 5.91 Å². The van der Waals surface area contributed by atoms with Gasteiger partial charge < -0.3 is 10.1 Å². The molecule has 0 aromatic rings. The highest BCUT2D eigenvalue weighted by Crippen LogP contribution is 2.12. The van der Waals surface area contributed by atoms with Crippen LogP contribution in [-0.2, 0) is 14.3 Å². The van der Waals surface area contributed by atoms with Crippen LogP contribution in [0.5, 0.6) is 0 Å². The number of rotatable bonds is 10. The lowest BCUT2D eigenvalue weighted by molar-refractivity contribution is -0.155. The smallest absolute Gasteiger partial charge is 0.306 e. The summed E-state index contributed by atoms with van der Waals surface area (Å²) in [5.74, 6) is -1.12. The van der Waals surface area contributed by atoms with Crippen LogP contribution < -0.4 is 5.32 Å². The van der Waals surface area contributed by atoms with E-state index in [4.69, 9.17) is 21.3 Å². The third-order valence-corrected chi connectivity index (χ3v) is 2.69. The lowest BCUT2D eigenvalue weighted by atomic mass is 9.99. The molecule has 0 rings (SSSR count). The molecule has 1 N–H and O–H groups in total. The molecule has 0 aromatic heterocycles. The van der Waals surface area contributed by atoms with Gasteiger partial charge >= 0.3 is 5.97 Å². The number of carbonyl (C=O) groups is 2. The summed E-state index contributed by atoms with van der Waals surface area (Å²) in [5.41, 5.74) is 23.4. The Morgan fingerprint density at radius 1 is 0.920 bits per heavy atom. The second-order valence-electron chi connectivity index (χ2n) is 6.08. The van der Waals surface area contributed by atoms with Crippen LogP contribution in [0.4, 0.5) is 0 Å². The first kappa shape index (κ1) is 21.9. The maximum absolute atomic E-state index is 12.1. The molecule has 0 aliphatic carbocycles. The Hall–Kier alpha value is -3.13. The molecule has 13 heteroatoms. The molecular formula is C12H20N10O3. The third-order valence-electron chi connectivity index (χ3n) is 2.69. The predicted octanol–water partition coefficient (Wildman–Crippen LogP) is 2.89. The average molecular weight is 352 g/mol. The number of amides is 1. The average Bonchev–Trinajstić information content (AvgIpc) is 2.52. The summed E-state index contributed by atoms with van der Waals surface area (Å²) in [6.45, 7) is 4.24. The van der Waals surface area contributed by atoms with Gasteiger partial charge in [-0.15, -0.1) is 0 Å². The lowest BCUT2D eigenvalue weighted by Gasteiger charge is -2.30. The topological polar surface area (TPSA) is 202 Å². The Bertz CT molecular complexity index is 571. The van der Waals surface area contributed by atoms with Crippen molar-refractivity contribution in [3.8, 4) is 0 Å². The van der Waals surface area contributed by atoms with Crippen LogP contribution in [0.15, 0.2) is 15.3 Å². The minimum absolute atomic E-state index is 0.163. The molecule has 0 saturated heterocycles. The molecule has 0 unspecified atom stereocenters. The van der Waals surface area contributed by atoms with Crippen molar-refractivity contribution in [1.82, 2.24) is 5.32 Å². The highest BCUT2D eigenvalue weighted by Gasteiger charge is 2.30. The van der Waals surface area contributed by atoms with Crippen molar-refractivity contribution in [2.75, 3.05) is 19.6 Å². The maximum Gasteiger partial charge on any atom is 0.306 e. The molecule has 136 valence electrons. The van der Waals surface area contributed by atoms with Gasteiger partial charge in [-0.05, 0) is 37.4 Å². The second kappa shape index (κ2) is 10.6. The normalized spacial score (nSPS) is 12.4. The Balaban J connectivity index is 5.04. The molecule has 0 heterocycles. The van der Waals surface area contributed by atoms with E-state index in [9.17, 15) is 9.59 Å². The number of azide groups is 3. The standard InChI is InChI=1S/C12H20N10O3/c1-11(2,3)25-10(24)5-4-9(23)19-12(6-16-20-13,7-17-21-14)8-18-22-15/h4-8H2,1-3H3,(H,19,23). The van der Waals surface area contributed by atoms with E-state index >= 15 is 0 Å². The van der Waals surface area contributed by atoms with Gasteiger partial charge in [-0.3, -0.25) is 9.59 Å². The van der Waals surface area contributed by atoms with Crippen LogP contribution in [0, 0.1) is 0 Å². The molecule has 0 aliphatic rings. The second-order valence-corrected chi connectivity index (χ2v) is 6.08. The number of nitrogens with one attached hydrogen (secondary N) is 1. The number of carbonyl (C=O) groups excluding carboxylic acids is 2. The molecule has 1 amide bonds. The van der Waals surface area contributed by atoms with Gasteiger partial charge in [-0.1, -0.05) is 15.3 Å². The Kier molecular flexibility index (Phi) is 9.28. The van der Waals surface area contributed by atoms with E-state index in [0.717, 1.165) is 0 Å². The van der Waals surface area contributed by atoms with E-state index in [-0.39, 0.29) is 32.5 Å². The summed E-state index contributed by atoms with van der Waals surface area (Å²) in [5, 5.41) is 12.6. The zero-order chi connectivity index (χ0) is 19.3. The molecule has 0 bridgehead atoms. The monoisotopic (exact) mass is 352 g/mol. The molecule has 13 nitrogen and oxygen atoms in total. The molecule has 0 aromatic carbocycles. The van der Waals surface area contributed by atoms with E-state index in [1.54, 1.807) is 20.8 Å². The Morgan fingerprint density at radius 3 is 1.72 bits per heavy atom. The van der Waals surface area contributed by atoms with Gasteiger partial charge in [0.05, 0.1) is 12.0 Å². The van der Waals surface area contributed by atoms with Gasteiger partial charge in [-0.2, -0.15) is 0 Å². The van der Waals surface area contributed by atoms with Crippen molar-refractivity contribution in [3.05, 3.63) is 31.3 Å². The Morgan fingerprint density at radius 2 is 1.36 bits per heavy atom. The fourth-order valence-electron chi connectivity index (χ4n) is 1.74. The minimum atomic E-state index is -1.37. The van der Waals surface area contributed by atoms with Crippen LogP contribution in [0.3, 0.4) is 0 Å². The SMILES string of the molecule is CC(C)(C)OC(=O)CCC(=O)NC(CN=[N+]=[N-])(CN=[N+]=[N-])CN=[N+]=[N-]. The highest BCUT2D eigenvalue weighted by atomic mass is 16.6. The number of nitrogens with zero attached hydrogens (tertiary/aromatic N) is 9. The largest absolute Gasteiger partial charge is 0.460 e. The van der Waals surface area contributed by atoms with Crippen molar-refractivity contribution in [2.24, 2.45) is 15.3 Å². The highest BCUT2D eigenvalue weighted by molar-refractivity contribution is 5.82. The van der Waals surface area contributed by atoms with E-state index in [2.05, 4.69) is 35.4 Å². The molecule has 25 heavy (non-hydrogen) atoms. The number of ether oxygens (including phenoxy) is 1. The van der Waals surface area contributed by atoms with Crippen LogP contribution in [0.25, 0.3) is 31.3 Å². The first-order chi connectivity index (χ1) is 11.7. The lowest BCUT2D eigenvalue weighted by Crippen LogP contribution is -2.55. The first-order valence-electron chi connectivity index (χ1n) is 7.23. The summed E-state index contributed by atoms with van der Waals surface area (Å²) in [7, 11) is 0. The molecule has 0 spiro atoms. The van der Waals surface area contributed by atoms with Gasteiger partial charge in [0.25, 0.3) is 0 Å². The first-order valence-corrected chi connectivity index (χ1v) is 7.23. The van der Waals surface area contributed by atoms with E-state index < -0.39 is 23.0 Å². The van der Waals surface area contributed by atoms with Crippen LogP contribution in [0.2, 0.25) is 0 Å². The summed E-state index contributed by atoms with van der Waals surface area (Å²) in [6, 6.07) is 0. The third kappa shape index (κ3) is 10.3. The van der Waals surface area contributed by atoms with Crippen LogP contribution >= 0.6 is 0 Å². The van der Waals surface area contributed by atoms with Crippen LogP contribution in [-0.4, -0.2) is 42.7 Å². The zero-order valence-electron chi connectivity index (χ0n) is 14.3. The molecule has 0 radical (unpaired) electrons.